The molecule has 6 heteroatoms. The summed E-state index contributed by atoms with van der Waals surface area (Å²) in [6, 6.07) is 20.0. The van der Waals surface area contributed by atoms with E-state index in [9.17, 15) is 4.79 Å². The SMILES string of the molecule is CCC(C)c1ccc(OCCCCn2c(CCNC(=O)c3ccco3)nc3ccccc32)cc1. The van der Waals surface area contributed by atoms with Gasteiger partial charge in [-0.25, -0.2) is 4.98 Å². The quantitative estimate of drug-likeness (QED) is 0.265. The molecule has 2 heterocycles. The van der Waals surface area contributed by atoms with Gasteiger partial charge in [0.05, 0.1) is 23.9 Å². The zero-order valence-corrected chi connectivity index (χ0v) is 20.0. The Morgan fingerprint density at radius 1 is 1.09 bits per heavy atom. The largest absolute Gasteiger partial charge is 0.494 e. The molecular weight excluding hydrogens is 426 g/mol. The highest BCUT2D eigenvalue weighted by atomic mass is 16.5. The molecule has 0 aliphatic rings. The van der Waals surface area contributed by atoms with Gasteiger partial charge in [0.1, 0.15) is 11.6 Å². The van der Waals surface area contributed by atoms with Crippen LogP contribution in [-0.4, -0.2) is 28.6 Å². The number of para-hydroxylation sites is 2. The van der Waals surface area contributed by atoms with Gasteiger partial charge in [0.2, 0.25) is 0 Å². The molecule has 1 atom stereocenters. The molecule has 1 amide bonds. The van der Waals surface area contributed by atoms with E-state index >= 15 is 0 Å². The van der Waals surface area contributed by atoms with Crippen LogP contribution in [0, 0.1) is 0 Å². The summed E-state index contributed by atoms with van der Waals surface area (Å²) in [5.74, 6) is 2.59. The van der Waals surface area contributed by atoms with Crippen molar-refractivity contribution in [2.24, 2.45) is 0 Å². The average molecular weight is 460 g/mol. The summed E-state index contributed by atoms with van der Waals surface area (Å²) in [5.41, 5.74) is 3.46. The summed E-state index contributed by atoms with van der Waals surface area (Å²) < 4.78 is 13.4. The second kappa shape index (κ2) is 11.5. The van der Waals surface area contributed by atoms with E-state index in [1.54, 1.807) is 12.1 Å². The highest BCUT2D eigenvalue weighted by Crippen LogP contribution is 2.22. The minimum atomic E-state index is -0.206. The number of ether oxygens (including phenoxy) is 1. The number of amides is 1. The summed E-state index contributed by atoms with van der Waals surface area (Å²) in [6.45, 7) is 6.50. The Hall–Kier alpha value is -3.54. The van der Waals surface area contributed by atoms with Gasteiger partial charge in [-0.2, -0.15) is 0 Å². The molecule has 0 fully saturated rings. The van der Waals surface area contributed by atoms with Crippen LogP contribution in [0.2, 0.25) is 0 Å². The summed E-state index contributed by atoms with van der Waals surface area (Å²) in [7, 11) is 0. The molecule has 0 aliphatic heterocycles. The molecule has 1 N–H and O–H groups in total. The second-order valence-corrected chi connectivity index (χ2v) is 8.59. The number of hydrogen-bond donors (Lipinski definition) is 1. The Bertz CT molecular complexity index is 1180. The van der Waals surface area contributed by atoms with Gasteiger partial charge in [-0.05, 0) is 67.1 Å². The topological polar surface area (TPSA) is 69.3 Å². The standard InChI is InChI=1S/C28H33N3O3/c1-3-21(2)22-12-14-23(15-13-22)33-19-7-6-18-31-25-10-5-4-9-24(25)30-27(31)16-17-29-28(32)26-11-8-20-34-26/h4-5,8-15,20-21H,3,6-7,16-19H2,1-2H3,(H,29,32). The molecule has 4 aromatic rings. The molecule has 1 unspecified atom stereocenters. The molecule has 2 aromatic carbocycles. The van der Waals surface area contributed by atoms with Crippen molar-refractivity contribution in [2.75, 3.05) is 13.2 Å². The van der Waals surface area contributed by atoms with E-state index < -0.39 is 0 Å². The minimum Gasteiger partial charge on any atom is -0.494 e. The third kappa shape index (κ3) is 5.87. The number of benzene rings is 2. The maximum absolute atomic E-state index is 12.1. The number of aromatic nitrogens is 2. The minimum absolute atomic E-state index is 0.206. The van der Waals surface area contributed by atoms with Crippen molar-refractivity contribution in [1.29, 1.82) is 0 Å². The lowest BCUT2D eigenvalue weighted by Crippen LogP contribution is -2.26. The van der Waals surface area contributed by atoms with Gasteiger partial charge in [0, 0.05) is 19.5 Å². The second-order valence-electron chi connectivity index (χ2n) is 8.59. The van der Waals surface area contributed by atoms with Crippen molar-refractivity contribution in [1.82, 2.24) is 14.9 Å². The lowest BCUT2D eigenvalue weighted by molar-refractivity contribution is 0.0926. The van der Waals surface area contributed by atoms with Gasteiger partial charge in [-0.15, -0.1) is 0 Å². The number of unbranched alkanes of at least 4 members (excludes halogenated alkanes) is 1. The molecule has 0 spiro atoms. The first-order chi connectivity index (χ1) is 16.7. The number of furan rings is 1. The number of rotatable bonds is 12. The number of nitrogens with zero attached hydrogens (tertiary/aromatic N) is 2. The van der Waals surface area contributed by atoms with Crippen molar-refractivity contribution < 1.29 is 13.9 Å². The Labute approximate surface area is 200 Å². The highest BCUT2D eigenvalue weighted by Gasteiger charge is 2.12. The van der Waals surface area contributed by atoms with Gasteiger partial charge in [0.25, 0.3) is 5.91 Å². The number of imidazole rings is 1. The third-order valence-corrected chi connectivity index (χ3v) is 6.22. The van der Waals surface area contributed by atoms with Crippen molar-refractivity contribution in [3.63, 3.8) is 0 Å². The summed E-state index contributed by atoms with van der Waals surface area (Å²) in [6.07, 6.45) is 5.23. The number of aryl methyl sites for hydroxylation is 1. The van der Waals surface area contributed by atoms with Crippen molar-refractivity contribution in [3.8, 4) is 5.75 Å². The molecule has 0 saturated carbocycles. The van der Waals surface area contributed by atoms with Gasteiger partial charge >= 0.3 is 0 Å². The van der Waals surface area contributed by atoms with E-state index in [0.717, 1.165) is 48.4 Å². The maximum Gasteiger partial charge on any atom is 0.286 e. The van der Waals surface area contributed by atoms with Crippen molar-refractivity contribution >= 4 is 16.9 Å². The van der Waals surface area contributed by atoms with Crippen LogP contribution in [0.4, 0.5) is 0 Å². The van der Waals surface area contributed by atoms with Gasteiger partial charge in [-0.1, -0.05) is 38.1 Å². The molecule has 0 radical (unpaired) electrons. The Morgan fingerprint density at radius 3 is 2.68 bits per heavy atom. The Morgan fingerprint density at radius 2 is 1.91 bits per heavy atom. The average Bonchev–Trinajstić information content (AvgIpc) is 3.52. The van der Waals surface area contributed by atoms with Crippen LogP contribution in [0.25, 0.3) is 11.0 Å². The van der Waals surface area contributed by atoms with Crippen LogP contribution in [-0.2, 0) is 13.0 Å². The highest BCUT2D eigenvalue weighted by molar-refractivity contribution is 5.91. The molecular formula is C28H33N3O3. The zero-order chi connectivity index (χ0) is 23.8. The molecule has 0 aliphatic carbocycles. The first kappa shape index (κ1) is 23.6. The Kier molecular flexibility index (Phi) is 8.02. The first-order valence-corrected chi connectivity index (χ1v) is 12.1. The molecule has 4 rings (SSSR count). The monoisotopic (exact) mass is 459 g/mol. The molecule has 34 heavy (non-hydrogen) atoms. The smallest absolute Gasteiger partial charge is 0.286 e. The van der Waals surface area contributed by atoms with Crippen LogP contribution in [0.1, 0.15) is 61.0 Å². The van der Waals surface area contributed by atoms with Crippen molar-refractivity contribution in [2.45, 2.75) is 52.0 Å². The fourth-order valence-electron chi connectivity index (χ4n) is 4.04. The van der Waals surface area contributed by atoms with Gasteiger partial charge in [-0.3, -0.25) is 4.79 Å². The zero-order valence-electron chi connectivity index (χ0n) is 20.0. The van der Waals surface area contributed by atoms with Gasteiger partial charge < -0.3 is 19.0 Å². The first-order valence-electron chi connectivity index (χ1n) is 12.1. The van der Waals surface area contributed by atoms with E-state index in [0.29, 0.717) is 31.3 Å². The van der Waals surface area contributed by atoms with E-state index in [2.05, 4.69) is 54.1 Å². The van der Waals surface area contributed by atoms with E-state index in [-0.39, 0.29) is 5.91 Å². The fourth-order valence-corrected chi connectivity index (χ4v) is 4.04. The molecule has 0 bridgehead atoms. The summed E-state index contributed by atoms with van der Waals surface area (Å²) in [4.78, 5) is 16.9. The molecule has 6 nitrogen and oxygen atoms in total. The van der Waals surface area contributed by atoms with E-state index in [1.807, 2.05) is 18.2 Å². The van der Waals surface area contributed by atoms with Crippen LogP contribution in [0.5, 0.6) is 5.75 Å². The lowest BCUT2D eigenvalue weighted by Gasteiger charge is -2.12. The fraction of sp³-hybridized carbons (Fsp3) is 0.357. The predicted octanol–water partition coefficient (Wildman–Crippen LogP) is 5.97. The number of carbonyl (C=O) groups excluding carboxylic acids is 1. The molecule has 178 valence electrons. The van der Waals surface area contributed by atoms with Crippen LogP contribution < -0.4 is 10.1 Å². The lowest BCUT2D eigenvalue weighted by atomic mass is 9.99. The van der Waals surface area contributed by atoms with Crippen LogP contribution in [0.15, 0.2) is 71.3 Å². The van der Waals surface area contributed by atoms with Crippen LogP contribution >= 0.6 is 0 Å². The van der Waals surface area contributed by atoms with E-state index in [1.165, 1.54) is 11.8 Å². The predicted molar refractivity (Wildman–Crippen MR) is 134 cm³/mol. The van der Waals surface area contributed by atoms with Crippen LogP contribution in [0.3, 0.4) is 0 Å². The summed E-state index contributed by atoms with van der Waals surface area (Å²) in [5, 5.41) is 2.91. The molecule has 0 saturated heterocycles. The summed E-state index contributed by atoms with van der Waals surface area (Å²) >= 11 is 0. The number of carbonyl (C=O) groups is 1. The number of fused-ring (bicyclic) bond motifs is 1. The molecule has 2 aromatic heterocycles. The normalized spacial score (nSPS) is 12.1. The van der Waals surface area contributed by atoms with Crippen molar-refractivity contribution in [3.05, 3.63) is 84.1 Å². The van der Waals surface area contributed by atoms with Gasteiger partial charge in [0.15, 0.2) is 5.76 Å². The number of nitrogens with one attached hydrogen (secondary N) is 1. The Balaban J connectivity index is 1.29. The van der Waals surface area contributed by atoms with E-state index in [4.69, 9.17) is 14.1 Å². The number of hydrogen-bond acceptors (Lipinski definition) is 4. The maximum atomic E-state index is 12.1. The third-order valence-electron chi connectivity index (χ3n) is 6.22.